The maximum absolute atomic E-state index is 13.1. The number of nitrogens with zero attached hydrogens (tertiary/aromatic N) is 4. The van der Waals surface area contributed by atoms with Crippen molar-refractivity contribution in [3.8, 4) is 5.69 Å². The summed E-state index contributed by atoms with van der Waals surface area (Å²) in [5, 5.41) is 33.9. The molecule has 1 fully saturated rings. The van der Waals surface area contributed by atoms with E-state index < -0.39 is 30.1 Å². The Balaban J connectivity index is 1.38. The largest absolute Gasteiger partial charge is 0.380 e. The third kappa shape index (κ3) is 5.58. The molecule has 0 spiro atoms. The van der Waals surface area contributed by atoms with E-state index in [1.807, 2.05) is 55.8 Å². The number of aliphatic hydroxyl groups excluding tert-OH is 2. The molecule has 1 aromatic carbocycles. The van der Waals surface area contributed by atoms with E-state index in [2.05, 4.69) is 20.7 Å². The highest BCUT2D eigenvalue weighted by Crippen LogP contribution is 2.37. The lowest BCUT2D eigenvalue weighted by molar-refractivity contribution is -0.154. The van der Waals surface area contributed by atoms with Crippen LogP contribution in [0.3, 0.4) is 0 Å². The van der Waals surface area contributed by atoms with Crippen LogP contribution in [0.5, 0.6) is 0 Å². The maximum atomic E-state index is 13.1. The Morgan fingerprint density at radius 2 is 1.97 bits per heavy atom. The van der Waals surface area contributed by atoms with Crippen molar-refractivity contribution in [3.63, 3.8) is 0 Å². The minimum absolute atomic E-state index is 0.200. The number of benzene rings is 1. The van der Waals surface area contributed by atoms with Gasteiger partial charge in [0.15, 0.2) is 17.3 Å². The van der Waals surface area contributed by atoms with Gasteiger partial charge in [-0.15, -0.1) is 11.3 Å². The Bertz CT molecular complexity index is 1170. The summed E-state index contributed by atoms with van der Waals surface area (Å²) in [4.78, 5) is 31.9. The Morgan fingerprint density at radius 3 is 2.64 bits per heavy atom. The summed E-state index contributed by atoms with van der Waals surface area (Å²) in [5.41, 5.74) is 2.42. The summed E-state index contributed by atoms with van der Waals surface area (Å²) in [5.74, 6) is -1.29. The summed E-state index contributed by atoms with van der Waals surface area (Å²) < 4.78 is 1.72. The average molecular weight is 513 g/mol. The van der Waals surface area contributed by atoms with E-state index >= 15 is 0 Å². The number of likely N-dealkylation sites (tertiary alicyclic amines) is 1. The van der Waals surface area contributed by atoms with Gasteiger partial charge < -0.3 is 25.7 Å². The summed E-state index contributed by atoms with van der Waals surface area (Å²) in [6.45, 7) is 6.93. The van der Waals surface area contributed by atoms with Crippen LogP contribution in [0.25, 0.3) is 5.69 Å². The van der Waals surface area contributed by atoms with E-state index in [9.17, 15) is 19.8 Å². The van der Waals surface area contributed by atoms with Gasteiger partial charge in [-0.25, -0.2) is 9.67 Å². The highest BCUT2D eigenvalue weighted by Gasteiger charge is 2.41. The molecule has 11 heteroatoms. The van der Waals surface area contributed by atoms with Crippen LogP contribution < -0.4 is 10.6 Å². The topological polar surface area (TPSA) is 133 Å². The fourth-order valence-electron chi connectivity index (χ4n) is 4.41. The standard InChI is InChI=1S/C25H32N6O4S/c1-4-26-25-29-19(14-36-25)20-12-15(2)13-30(20)24(35)22(33)21(32)23(34)28-16(3)17-6-8-18(9-7-17)31-11-5-10-27-31/h5-11,14-16,20-22,32-33H,4,12-13H2,1-3H3,(H,26,29)(H,28,34)/t15-,16-,20-,21-,22-/m1/s1. The lowest BCUT2D eigenvalue weighted by Gasteiger charge is -2.28. The van der Waals surface area contributed by atoms with Gasteiger partial charge >= 0.3 is 0 Å². The van der Waals surface area contributed by atoms with Crippen molar-refractivity contribution < 1.29 is 19.8 Å². The number of carbonyl (C=O) groups is 2. The maximum Gasteiger partial charge on any atom is 0.255 e. The van der Waals surface area contributed by atoms with Crippen LogP contribution in [0.2, 0.25) is 0 Å². The van der Waals surface area contributed by atoms with Crippen LogP contribution in [0.4, 0.5) is 5.13 Å². The van der Waals surface area contributed by atoms with Gasteiger partial charge in [0, 0.05) is 30.9 Å². The smallest absolute Gasteiger partial charge is 0.255 e. The van der Waals surface area contributed by atoms with Gasteiger partial charge in [0.25, 0.3) is 11.8 Å². The van der Waals surface area contributed by atoms with Crippen molar-refractivity contribution in [1.82, 2.24) is 25.0 Å². The van der Waals surface area contributed by atoms with Gasteiger partial charge in [-0.05, 0) is 49.9 Å². The minimum Gasteiger partial charge on any atom is -0.380 e. The van der Waals surface area contributed by atoms with E-state index in [-0.39, 0.29) is 12.0 Å². The third-order valence-corrected chi connectivity index (χ3v) is 7.14. The zero-order valence-corrected chi connectivity index (χ0v) is 21.4. The summed E-state index contributed by atoms with van der Waals surface area (Å²) in [6, 6.07) is 8.51. The molecule has 2 aromatic heterocycles. The van der Waals surface area contributed by atoms with Gasteiger partial charge in [0.05, 0.1) is 23.5 Å². The normalized spacial score (nSPS) is 20.1. The number of aromatic nitrogens is 3. The van der Waals surface area contributed by atoms with E-state index in [1.54, 1.807) is 17.8 Å². The fraction of sp³-hybridized carbons (Fsp3) is 0.440. The zero-order chi connectivity index (χ0) is 25.8. The average Bonchev–Trinajstić information content (AvgIpc) is 3.64. The molecule has 0 saturated carbocycles. The molecule has 4 N–H and O–H groups in total. The van der Waals surface area contributed by atoms with E-state index in [4.69, 9.17) is 0 Å². The molecule has 0 bridgehead atoms. The molecule has 0 radical (unpaired) electrons. The number of hydrogen-bond donors (Lipinski definition) is 4. The quantitative estimate of drug-likeness (QED) is 0.346. The molecule has 2 amide bonds. The molecule has 1 saturated heterocycles. The van der Waals surface area contributed by atoms with Crippen molar-refractivity contribution in [2.24, 2.45) is 5.92 Å². The second-order valence-electron chi connectivity index (χ2n) is 9.12. The predicted octanol–water partition coefficient (Wildman–Crippen LogP) is 2.27. The van der Waals surface area contributed by atoms with E-state index in [1.165, 1.54) is 16.2 Å². The second kappa shape index (κ2) is 11.2. The zero-order valence-electron chi connectivity index (χ0n) is 20.5. The van der Waals surface area contributed by atoms with Crippen LogP contribution in [-0.2, 0) is 9.59 Å². The van der Waals surface area contributed by atoms with Gasteiger partial charge in [0.2, 0.25) is 0 Å². The molecular formula is C25H32N6O4S. The lowest BCUT2D eigenvalue weighted by atomic mass is 10.1. The highest BCUT2D eigenvalue weighted by atomic mass is 32.1. The number of anilines is 1. The van der Waals surface area contributed by atoms with Gasteiger partial charge in [0.1, 0.15) is 0 Å². The molecule has 192 valence electrons. The summed E-state index contributed by atoms with van der Waals surface area (Å²) in [7, 11) is 0. The Hall–Kier alpha value is -3.28. The number of aliphatic hydroxyl groups is 2. The van der Waals surface area contributed by atoms with Crippen LogP contribution in [-0.4, -0.2) is 67.0 Å². The molecule has 1 aliphatic heterocycles. The number of carbonyl (C=O) groups excluding carboxylic acids is 2. The molecular weight excluding hydrogens is 480 g/mol. The lowest BCUT2D eigenvalue weighted by Crippen LogP contribution is -2.51. The molecule has 0 unspecified atom stereocenters. The van der Waals surface area contributed by atoms with Crippen molar-refractivity contribution in [3.05, 3.63) is 59.4 Å². The van der Waals surface area contributed by atoms with Crippen molar-refractivity contribution in [1.29, 1.82) is 0 Å². The van der Waals surface area contributed by atoms with Crippen LogP contribution in [0.1, 0.15) is 50.5 Å². The van der Waals surface area contributed by atoms with Gasteiger partial charge in [-0.2, -0.15) is 5.10 Å². The Morgan fingerprint density at radius 1 is 1.22 bits per heavy atom. The number of rotatable bonds is 9. The van der Waals surface area contributed by atoms with Crippen molar-refractivity contribution in [2.75, 3.05) is 18.4 Å². The number of amides is 2. The van der Waals surface area contributed by atoms with E-state index in [0.717, 1.165) is 28.6 Å². The molecule has 0 aliphatic carbocycles. The third-order valence-electron chi connectivity index (χ3n) is 6.33. The monoisotopic (exact) mass is 512 g/mol. The first kappa shape index (κ1) is 25.8. The van der Waals surface area contributed by atoms with Gasteiger partial charge in [-0.3, -0.25) is 9.59 Å². The number of thiazole rings is 1. The van der Waals surface area contributed by atoms with Crippen molar-refractivity contribution in [2.45, 2.75) is 51.5 Å². The molecule has 5 atom stereocenters. The second-order valence-corrected chi connectivity index (χ2v) is 9.98. The Kier molecular flexibility index (Phi) is 8.02. The number of nitrogens with one attached hydrogen (secondary N) is 2. The number of hydrogen-bond acceptors (Lipinski definition) is 8. The fourth-order valence-corrected chi connectivity index (χ4v) is 5.24. The molecule has 3 heterocycles. The first-order chi connectivity index (χ1) is 17.3. The van der Waals surface area contributed by atoms with Gasteiger partial charge in [-0.1, -0.05) is 19.1 Å². The molecule has 10 nitrogen and oxygen atoms in total. The predicted molar refractivity (Wildman–Crippen MR) is 137 cm³/mol. The molecule has 4 rings (SSSR count). The van der Waals surface area contributed by atoms with Crippen LogP contribution in [0.15, 0.2) is 48.1 Å². The minimum atomic E-state index is -1.90. The molecule has 36 heavy (non-hydrogen) atoms. The first-order valence-corrected chi connectivity index (χ1v) is 12.9. The van der Waals surface area contributed by atoms with Crippen LogP contribution in [0, 0.1) is 5.92 Å². The summed E-state index contributed by atoms with van der Waals surface area (Å²) in [6.07, 6.45) is 0.442. The highest BCUT2D eigenvalue weighted by molar-refractivity contribution is 7.13. The van der Waals surface area contributed by atoms with Crippen molar-refractivity contribution >= 4 is 28.3 Å². The van der Waals surface area contributed by atoms with E-state index in [0.29, 0.717) is 13.0 Å². The molecule has 1 aliphatic rings. The SMILES string of the molecule is CCNc1nc([C@H]2C[C@@H](C)CN2C(=O)[C@H](O)[C@@H](O)C(=O)N[C@H](C)c2ccc(-n3cccn3)cc2)cs1. The first-order valence-electron chi connectivity index (χ1n) is 12.0. The molecule has 3 aromatic rings. The Labute approximate surface area is 214 Å². The summed E-state index contributed by atoms with van der Waals surface area (Å²) >= 11 is 1.46. The van der Waals surface area contributed by atoms with Crippen LogP contribution >= 0.6 is 11.3 Å².